The van der Waals surface area contributed by atoms with E-state index >= 15 is 0 Å². The maximum absolute atomic E-state index is 10.6. The van der Waals surface area contributed by atoms with Gasteiger partial charge in [0, 0.05) is 18.8 Å². The number of carboxylic acids is 1. The van der Waals surface area contributed by atoms with Gasteiger partial charge < -0.3 is 10.0 Å². The quantitative estimate of drug-likeness (QED) is 0.777. The van der Waals surface area contributed by atoms with E-state index in [0.29, 0.717) is 5.56 Å². The first-order valence-electron chi connectivity index (χ1n) is 4.86. The molecule has 0 saturated carbocycles. The van der Waals surface area contributed by atoms with Crippen LogP contribution in [0.3, 0.4) is 0 Å². The number of hydrogen-bond acceptors (Lipinski definition) is 2. The molecule has 0 unspecified atom stereocenters. The second kappa shape index (κ2) is 3.70. The molecule has 1 aliphatic rings. The summed E-state index contributed by atoms with van der Waals surface area (Å²) in [5.41, 5.74) is 1.49. The van der Waals surface area contributed by atoms with E-state index in [4.69, 9.17) is 5.11 Å². The minimum atomic E-state index is -0.863. The van der Waals surface area contributed by atoms with Crippen LogP contribution in [0.15, 0.2) is 24.3 Å². The van der Waals surface area contributed by atoms with Gasteiger partial charge in [0.2, 0.25) is 0 Å². The monoisotopic (exact) mass is 191 g/mol. The zero-order valence-electron chi connectivity index (χ0n) is 7.94. The molecule has 0 aliphatic carbocycles. The van der Waals surface area contributed by atoms with Crippen LogP contribution in [-0.2, 0) is 0 Å². The number of carbonyl (C=O) groups is 1. The third-order valence-corrected chi connectivity index (χ3v) is 2.59. The zero-order chi connectivity index (χ0) is 9.97. The molecule has 0 radical (unpaired) electrons. The highest BCUT2D eigenvalue weighted by molar-refractivity contribution is 5.88. The molecule has 2 rings (SSSR count). The van der Waals surface area contributed by atoms with Crippen molar-refractivity contribution in [3.63, 3.8) is 0 Å². The Kier molecular flexibility index (Phi) is 2.39. The Hall–Kier alpha value is -1.51. The molecule has 1 aromatic carbocycles. The van der Waals surface area contributed by atoms with Crippen molar-refractivity contribution in [3.8, 4) is 0 Å². The SMILES string of the molecule is O=C(O)c1ccc(N2CCCC2)cc1. The average molecular weight is 191 g/mol. The fraction of sp³-hybridized carbons (Fsp3) is 0.364. The first kappa shape index (κ1) is 9.06. The van der Waals surface area contributed by atoms with Crippen molar-refractivity contribution in [3.05, 3.63) is 29.8 Å². The van der Waals surface area contributed by atoms with Gasteiger partial charge in [-0.25, -0.2) is 4.79 Å². The van der Waals surface area contributed by atoms with Crippen molar-refractivity contribution >= 4 is 11.7 Å². The molecule has 0 aromatic heterocycles. The highest BCUT2D eigenvalue weighted by Crippen LogP contribution is 2.20. The largest absolute Gasteiger partial charge is 0.478 e. The fourth-order valence-electron chi connectivity index (χ4n) is 1.79. The molecule has 74 valence electrons. The number of anilines is 1. The van der Waals surface area contributed by atoms with Crippen LogP contribution in [0.2, 0.25) is 0 Å². The number of carboxylic acid groups (broad SMARTS) is 1. The number of benzene rings is 1. The predicted molar refractivity (Wildman–Crippen MR) is 54.8 cm³/mol. The Balaban J connectivity index is 2.16. The Morgan fingerprint density at radius 2 is 1.71 bits per heavy atom. The van der Waals surface area contributed by atoms with E-state index in [1.165, 1.54) is 12.8 Å². The predicted octanol–water partition coefficient (Wildman–Crippen LogP) is 1.98. The maximum atomic E-state index is 10.6. The number of nitrogens with zero attached hydrogens (tertiary/aromatic N) is 1. The van der Waals surface area contributed by atoms with Crippen molar-refractivity contribution in [2.45, 2.75) is 12.8 Å². The van der Waals surface area contributed by atoms with E-state index in [0.717, 1.165) is 18.8 Å². The summed E-state index contributed by atoms with van der Waals surface area (Å²) in [6.45, 7) is 2.18. The normalized spacial score (nSPS) is 15.9. The Labute approximate surface area is 83.0 Å². The molecule has 0 bridgehead atoms. The first-order chi connectivity index (χ1) is 6.77. The number of rotatable bonds is 2. The van der Waals surface area contributed by atoms with Gasteiger partial charge in [0.15, 0.2) is 0 Å². The van der Waals surface area contributed by atoms with E-state index < -0.39 is 5.97 Å². The van der Waals surface area contributed by atoms with Crippen LogP contribution in [-0.4, -0.2) is 24.2 Å². The lowest BCUT2D eigenvalue weighted by Crippen LogP contribution is -2.17. The van der Waals surface area contributed by atoms with Crippen molar-refractivity contribution < 1.29 is 9.90 Å². The van der Waals surface area contributed by atoms with Crippen LogP contribution in [0.1, 0.15) is 23.2 Å². The van der Waals surface area contributed by atoms with E-state index in [-0.39, 0.29) is 0 Å². The molecule has 1 heterocycles. The third-order valence-electron chi connectivity index (χ3n) is 2.59. The maximum Gasteiger partial charge on any atom is 0.335 e. The minimum absolute atomic E-state index is 0.355. The second-order valence-electron chi connectivity index (χ2n) is 3.55. The van der Waals surface area contributed by atoms with E-state index in [1.54, 1.807) is 12.1 Å². The summed E-state index contributed by atoms with van der Waals surface area (Å²) in [6.07, 6.45) is 2.47. The molecular formula is C11H13NO2. The molecule has 3 nitrogen and oxygen atoms in total. The molecular weight excluding hydrogens is 178 g/mol. The summed E-state index contributed by atoms with van der Waals surface area (Å²) in [6, 6.07) is 7.09. The average Bonchev–Trinajstić information content (AvgIpc) is 2.71. The molecule has 1 fully saturated rings. The van der Waals surface area contributed by atoms with Crippen LogP contribution in [0.25, 0.3) is 0 Å². The standard InChI is InChI=1S/C11H13NO2/c13-11(14)9-3-5-10(6-4-9)12-7-1-2-8-12/h3-6H,1-2,7-8H2,(H,13,14). The molecule has 1 aliphatic heterocycles. The van der Waals surface area contributed by atoms with E-state index in [1.807, 2.05) is 12.1 Å². The summed E-state index contributed by atoms with van der Waals surface area (Å²) in [7, 11) is 0. The first-order valence-corrected chi connectivity index (χ1v) is 4.86. The van der Waals surface area contributed by atoms with E-state index in [9.17, 15) is 4.79 Å². The van der Waals surface area contributed by atoms with Crippen LogP contribution >= 0.6 is 0 Å². The molecule has 1 N–H and O–H groups in total. The molecule has 0 atom stereocenters. The van der Waals surface area contributed by atoms with Gasteiger partial charge in [-0.1, -0.05) is 0 Å². The molecule has 1 saturated heterocycles. The second-order valence-corrected chi connectivity index (χ2v) is 3.55. The van der Waals surface area contributed by atoms with Gasteiger partial charge in [0.05, 0.1) is 5.56 Å². The number of hydrogen-bond donors (Lipinski definition) is 1. The lowest BCUT2D eigenvalue weighted by molar-refractivity contribution is 0.0697. The van der Waals surface area contributed by atoms with Crippen LogP contribution in [0.5, 0.6) is 0 Å². The fourth-order valence-corrected chi connectivity index (χ4v) is 1.79. The van der Waals surface area contributed by atoms with Gasteiger partial charge in [0.1, 0.15) is 0 Å². The lowest BCUT2D eigenvalue weighted by atomic mass is 10.2. The number of aromatic carboxylic acids is 1. The summed E-state index contributed by atoms with van der Waals surface area (Å²) < 4.78 is 0. The molecule has 0 spiro atoms. The minimum Gasteiger partial charge on any atom is -0.478 e. The van der Waals surface area contributed by atoms with Gasteiger partial charge >= 0.3 is 5.97 Å². The van der Waals surface area contributed by atoms with Crippen molar-refractivity contribution in [1.29, 1.82) is 0 Å². The Morgan fingerprint density at radius 3 is 2.21 bits per heavy atom. The summed E-state index contributed by atoms with van der Waals surface area (Å²) >= 11 is 0. The van der Waals surface area contributed by atoms with Crippen molar-refractivity contribution in [2.24, 2.45) is 0 Å². The van der Waals surface area contributed by atoms with Gasteiger partial charge in [-0.2, -0.15) is 0 Å². The van der Waals surface area contributed by atoms with Crippen LogP contribution in [0, 0.1) is 0 Å². The van der Waals surface area contributed by atoms with Crippen molar-refractivity contribution in [2.75, 3.05) is 18.0 Å². The van der Waals surface area contributed by atoms with E-state index in [2.05, 4.69) is 4.90 Å². The Bertz CT molecular complexity index is 326. The summed E-state index contributed by atoms with van der Waals surface area (Å²) in [4.78, 5) is 12.9. The third kappa shape index (κ3) is 1.71. The molecule has 14 heavy (non-hydrogen) atoms. The van der Waals surface area contributed by atoms with Gasteiger partial charge in [-0.15, -0.1) is 0 Å². The highest BCUT2D eigenvalue weighted by Gasteiger charge is 2.12. The van der Waals surface area contributed by atoms with Crippen LogP contribution in [0.4, 0.5) is 5.69 Å². The Morgan fingerprint density at radius 1 is 1.14 bits per heavy atom. The van der Waals surface area contributed by atoms with Crippen molar-refractivity contribution in [1.82, 2.24) is 0 Å². The molecule has 0 amide bonds. The topological polar surface area (TPSA) is 40.5 Å². The van der Waals surface area contributed by atoms with Gasteiger partial charge in [0.25, 0.3) is 0 Å². The van der Waals surface area contributed by atoms with Crippen LogP contribution < -0.4 is 4.90 Å². The molecule has 3 heteroatoms. The summed E-state index contributed by atoms with van der Waals surface area (Å²) in [5.74, 6) is -0.863. The van der Waals surface area contributed by atoms with Gasteiger partial charge in [-0.05, 0) is 37.1 Å². The highest BCUT2D eigenvalue weighted by atomic mass is 16.4. The smallest absolute Gasteiger partial charge is 0.335 e. The van der Waals surface area contributed by atoms with Gasteiger partial charge in [-0.3, -0.25) is 0 Å². The lowest BCUT2D eigenvalue weighted by Gasteiger charge is -2.17. The summed E-state index contributed by atoms with van der Waals surface area (Å²) in [5, 5.41) is 8.73. The zero-order valence-corrected chi connectivity index (χ0v) is 7.94. The molecule has 1 aromatic rings.